The van der Waals surface area contributed by atoms with Gasteiger partial charge in [-0.2, -0.15) is 0 Å². The second-order valence-electron chi connectivity index (χ2n) is 12.1. The Hall–Kier alpha value is -3.83. The number of carbonyl (C=O) groups is 3. The zero-order valence-electron chi connectivity index (χ0n) is 24.4. The summed E-state index contributed by atoms with van der Waals surface area (Å²) in [6.45, 7) is 8.73. The number of likely N-dealkylation sites (tertiary alicyclic amines) is 1. The Morgan fingerprint density at radius 1 is 1.17 bits per heavy atom. The van der Waals surface area contributed by atoms with Gasteiger partial charge in [-0.25, -0.2) is 9.97 Å². The van der Waals surface area contributed by atoms with Crippen molar-refractivity contribution in [2.75, 3.05) is 18.4 Å². The summed E-state index contributed by atoms with van der Waals surface area (Å²) in [6.07, 6.45) is 1.01. The molecule has 2 aliphatic rings. The SMILES string of the molecule is Cc1ncsc1-c1ccc(CNC(=O)[C@@H]2C[C@@H](O)CN2C(=O)[C@@H](NC(=O)c2ccc3c(n2)CCCN3)C(C)(C)C)cc1. The van der Waals surface area contributed by atoms with Crippen molar-refractivity contribution < 1.29 is 19.5 Å². The van der Waals surface area contributed by atoms with Crippen LogP contribution in [-0.4, -0.2) is 69.0 Å². The summed E-state index contributed by atoms with van der Waals surface area (Å²) >= 11 is 1.58. The van der Waals surface area contributed by atoms with Crippen LogP contribution in [0, 0.1) is 12.3 Å². The molecule has 4 N–H and O–H groups in total. The Bertz CT molecular complexity index is 1460. The van der Waals surface area contributed by atoms with E-state index in [0.717, 1.165) is 52.5 Å². The molecule has 3 amide bonds. The standard InChI is InChI=1S/C31H38N6O4S/c1-18-26(42-17-34-18)20-9-7-19(8-10-20)15-33-29(40)25-14-21(38)16-37(25)30(41)27(31(2,3)4)36-28(39)24-12-11-22-23(35-24)6-5-13-32-22/h7-12,17,21,25,27,32,38H,5-6,13-16H2,1-4H3,(H,33,40)(H,36,39)/t21-,25+,27-/m1/s1. The predicted octanol–water partition coefficient (Wildman–Crippen LogP) is 3.29. The number of nitrogens with one attached hydrogen (secondary N) is 3. The van der Waals surface area contributed by atoms with Gasteiger partial charge in [0.05, 0.1) is 33.6 Å². The molecule has 42 heavy (non-hydrogen) atoms. The van der Waals surface area contributed by atoms with E-state index in [0.29, 0.717) is 0 Å². The van der Waals surface area contributed by atoms with Crippen LogP contribution in [0.25, 0.3) is 10.4 Å². The van der Waals surface area contributed by atoms with Gasteiger partial charge in [-0.1, -0.05) is 45.0 Å². The van der Waals surface area contributed by atoms with E-state index in [4.69, 9.17) is 0 Å². The van der Waals surface area contributed by atoms with Crippen molar-refractivity contribution in [1.29, 1.82) is 0 Å². The smallest absolute Gasteiger partial charge is 0.270 e. The minimum absolute atomic E-state index is 0.0189. The molecular weight excluding hydrogens is 552 g/mol. The van der Waals surface area contributed by atoms with E-state index in [9.17, 15) is 19.5 Å². The van der Waals surface area contributed by atoms with Crippen LogP contribution in [0.3, 0.4) is 0 Å². The third kappa shape index (κ3) is 6.47. The van der Waals surface area contributed by atoms with Crippen molar-refractivity contribution in [2.45, 2.75) is 71.7 Å². The fraction of sp³-hybridized carbons (Fsp3) is 0.452. The predicted molar refractivity (Wildman–Crippen MR) is 162 cm³/mol. The van der Waals surface area contributed by atoms with E-state index in [1.165, 1.54) is 4.90 Å². The normalized spacial score (nSPS) is 19.0. The number of fused-ring (bicyclic) bond motifs is 1. The van der Waals surface area contributed by atoms with E-state index in [1.54, 1.807) is 17.4 Å². The average Bonchev–Trinajstić information content (AvgIpc) is 3.58. The molecule has 0 spiro atoms. The summed E-state index contributed by atoms with van der Waals surface area (Å²) in [5.41, 5.74) is 6.12. The number of rotatable bonds is 7. The number of carbonyl (C=O) groups excluding carboxylic acids is 3. The van der Waals surface area contributed by atoms with Crippen LogP contribution in [0.1, 0.15) is 61.1 Å². The third-order valence-corrected chi connectivity index (χ3v) is 8.77. The lowest BCUT2D eigenvalue weighted by Gasteiger charge is -2.35. The number of nitrogens with zero attached hydrogens (tertiary/aromatic N) is 3. The van der Waals surface area contributed by atoms with Crippen LogP contribution in [0.15, 0.2) is 41.9 Å². The molecule has 0 aliphatic carbocycles. The number of pyridine rings is 1. The Morgan fingerprint density at radius 2 is 1.93 bits per heavy atom. The summed E-state index contributed by atoms with van der Waals surface area (Å²) in [5.74, 6) is -1.20. The number of β-amino-alcohol motifs (C(OH)–C–C–N with tert-alkyl or cyclic N) is 1. The summed E-state index contributed by atoms with van der Waals surface area (Å²) in [7, 11) is 0. The first-order valence-corrected chi connectivity index (χ1v) is 15.2. The number of hydrogen-bond donors (Lipinski definition) is 4. The van der Waals surface area contributed by atoms with Gasteiger partial charge in [0.2, 0.25) is 11.8 Å². The van der Waals surface area contributed by atoms with Crippen molar-refractivity contribution >= 4 is 34.7 Å². The van der Waals surface area contributed by atoms with Gasteiger partial charge in [-0.3, -0.25) is 14.4 Å². The minimum atomic E-state index is -0.927. The largest absolute Gasteiger partial charge is 0.391 e. The molecule has 10 nitrogen and oxygen atoms in total. The van der Waals surface area contributed by atoms with Crippen LogP contribution in [-0.2, 0) is 22.6 Å². The molecule has 1 saturated heterocycles. The molecule has 3 aromatic rings. The van der Waals surface area contributed by atoms with Crippen LogP contribution >= 0.6 is 11.3 Å². The number of hydrogen-bond acceptors (Lipinski definition) is 8. The average molecular weight is 591 g/mol. The van der Waals surface area contributed by atoms with Gasteiger partial charge < -0.3 is 26.0 Å². The lowest BCUT2D eigenvalue weighted by atomic mass is 9.85. The molecular formula is C31H38N6O4S. The number of aliphatic hydroxyl groups excluding tert-OH is 1. The number of anilines is 1. The Kier molecular flexibility index (Phi) is 8.60. The highest BCUT2D eigenvalue weighted by atomic mass is 32.1. The number of aromatic nitrogens is 2. The first-order valence-electron chi connectivity index (χ1n) is 14.3. The second-order valence-corrected chi connectivity index (χ2v) is 12.9. The molecule has 0 radical (unpaired) electrons. The highest BCUT2D eigenvalue weighted by Gasteiger charge is 2.44. The number of aliphatic hydroxyl groups is 1. The quantitative estimate of drug-likeness (QED) is 0.332. The molecule has 1 fully saturated rings. The molecule has 0 unspecified atom stereocenters. The van der Waals surface area contributed by atoms with Gasteiger partial charge in [-0.15, -0.1) is 11.3 Å². The molecule has 5 rings (SSSR count). The van der Waals surface area contributed by atoms with Gasteiger partial charge in [0.25, 0.3) is 5.91 Å². The van der Waals surface area contributed by atoms with Gasteiger partial charge in [0.1, 0.15) is 17.8 Å². The number of amides is 3. The maximum atomic E-state index is 13.9. The minimum Gasteiger partial charge on any atom is -0.391 e. The highest BCUT2D eigenvalue weighted by Crippen LogP contribution is 2.29. The van der Waals surface area contributed by atoms with E-state index >= 15 is 0 Å². The molecule has 3 atom stereocenters. The highest BCUT2D eigenvalue weighted by molar-refractivity contribution is 7.13. The zero-order chi connectivity index (χ0) is 30.0. The van der Waals surface area contributed by atoms with Crippen molar-refractivity contribution in [3.8, 4) is 10.4 Å². The molecule has 11 heteroatoms. The van der Waals surface area contributed by atoms with E-state index in [-0.39, 0.29) is 31.1 Å². The van der Waals surface area contributed by atoms with Crippen LogP contribution in [0.2, 0.25) is 0 Å². The van der Waals surface area contributed by atoms with Gasteiger partial charge in [0.15, 0.2) is 0 Å². The fourth-order valence-corrected chi connectivity index (χ4v) is 6.26. The lowest BCUT2D eigenvalue weighted by Crippen LogP contribution is -2.57. The Morgan fingerprint density at radius 3 is 2.62 bits per heavy atom. The summed E-state index contributed by atoms with van der Waals surface area (Å²) in [6, 6.07) is 9.63. The summed E-state index contributed by atoms with van der Waals surface area (Å²) in [5, 5.41) is 19.6. The molecule has 4 heterocycles. The number of thiazole rings is 1. The van der Waals surface area contributed by atoms with Crippen LogP contribution < -0.4 is 16.0 Å². The summed E-state index contributed by atoms with van der Waals surface area (Å²) in [4.78, 5) is 51.8. The van der Waals surface area contributed by atoms with E-state index in [1.807, 2.05) is 63.5 Å². The first kappa shape index (κ1) is 29.7. The van der Waals surface area contributed by atoms with Crippen molar-refractivity contribution in [1.82, 2.24) is 25.5 Å². The molecule has 1 aromatic carbocycles. The van der Waals surface area contributed by atoms with Crippen molar-refractivity contribution in [3.63, 3.8) is 0 Å². The van der Waals surface area contributed by atoms with E-state index < -0.39 is 35.4 Å². The fourth-order valence-electron chi connectivity index (χ4n) is 5.44. The van der Waals surface area contributed by atoms with Crippen molar-refractivity contribution in [3.05, 3.63) is 64.6 Å². The third-order valence-electron chi connectivity index (χ3n) is 7.79. The van der Waals surface area contributed by atoms with Gasteiger partial charge in [-0.05, 0) is 48.4 Å². The Balaban J connectivity index is 1.26. The first-order chi connectivity index (χ1) is 20.0. The van der Waals surface area contributed by atoms with Crippen molar-refractivity contribution in [2.24, 2.45) is 5.41 Å². The molecule has 222 valence electrons. The van der Waals surface area contributed by atoms with Gasteiger partial charge >= 0.3 is 0 Å². The second kappa shape index (κ2) is 12.2. The zero-order valence-corrected chi connectivity index (χ0v) is 25.3. The summed E-state index contributed by atoms with van der Waals surface area (Å²) < 4.78 is 0. The number of benzene rings is 1. The van der Waals surface area contributed by atoms with Crippen LogP contribution in [0.4, 0.5) is 5.69 Å². The molecule has 2 aromatic heterocycles. The monoisotopic (exact) mass is 590 g/mol. The molecule has 0 bridgehead atoms. The maximum Gasteiger partial charge on any atom is 0.270 e. The topological polar surface area (TPSA) is 137 Å². The Labute approximate surface area is 250 Å². The van der Waals surface area contributed by atoms with E-state index in [2.05, 4.69) is 25.9 Å². The molecule has 0 saturated carbocycles. The number of aryl methyl sites for hydroxylation is 2. The molecule has 2 aliphatic heterocycles. The maximum absolute atomic E-state index is 13.9. The van der Waals surface area contributed by atoms with Gasteiger partial charge in [0, 0.05) is 26.1 Å². The lowest BCUT2D eigenvalue weighted by molar-refractivity contribution is -0.142. The van der Waals surface area contributed by atoms with Crippen LogP contribution in [0.5, 0.6) is 0 Å².